The molecule has 0 saturated carbocycles. The summed E-state index contributed by atoms with van der Waals surface area (Å²) in [6, 6.07) is 0. The van der Waals surface area contributed by atoms with Crippen LogP contribution in [0.4, 0.5) is 0 Å². The summed E-state index contributed by atoms with van der Waals surface area (Å²) >= 11 is 1.54. The molecule has 0 rings (SSSR count). The van der Waals surface area contributed by atoms with Gasteiger partial charge in [-0.1, -0.05) is 0 Å². The number of hydrogen-bond acceptors (Lipinski definition) is 4. The van der Waals surface area contributed by atoms with Gasteiger partial charge in [-0.15, -0.1) is 0 Å². The average Bonchev–Trinajstić information content (AvgIpc) is 1.35. The highest BCUT2D eigenvalue weighted by molar-refractivity contribution is 6.52. The second-order valence-corrected chi connectivity index (χ2v) is 2.78. The van der Waals surface area contributed by atoms with E-state index in [-0.39, 0.29) is 0 Å². The quantitative estimate of drug-likeness (QED) is 0.336. The Balaban J connectivity index is 3.17. The van der Waals surface area contributed by atoms with Crippen molar-refractivity contribution in [2.24, 2.45) is 0 Å². The minimum absolute atomic E-state index is 1.54. The first-order valence-electron chi connectivity index (χ1n) is 1.11. The van der Waals surface area contributed by atoms with Crippen molar-refractivity contribution in [3.05, 3.63) is 0 Å². The largest absolute Gasteiger partial charge is 0.640 e. The van der Waals surface area contributed by atoms with Gasteiger partial charge in [0.05, 0.1) is 0 Å². The van der Waals surface area contributed by atoms with Gasteiger partial charge in [-0.05, 0) is 0 Å². The second-order valence-electron chi connectivity index (χ2n) is 0.692. The fourth-order valence-electron chi connectivity index (χ4n) is 0. The zero-order valence-corrected chi connectivity index (χ0v) is 4.98. The summed E-state index contributed by atoms with van der Waals surface area (Å²) in [5.41, 5.74) is 0. The zero-order chi connectivity index (χ0) is 5.21. The molecular formula is H3AlO4Si. The molecule has 0 aromatic carbocycles. The summed E-state index contributed by atoms with van der Waals surface area (Å²) in [7, 11) is -4.17. The van der Waals surface area contributed by atoms with E-state index >= 15 is 0 Å². The van der Waals surface area contributed by atoms with E-state index in [9.17, 15) is 0 Å². The van der Waals surface area contributed by atoms with Gasteiger partial charge in [0.15, 0.2) is 0 Å². The third-order valence-corrected chi connectivity index (χ3v) is 1.42. The van der Waals surface area contributed by atoms with Crippen LogP contribution in [0.15, 0.2) is 0 Å². The summed E-state index contributed by atoms with van der Waals surface area (Å²) in [6.07, 6.45) is 0. The fraction of sp³-hybridized carbons (Fsp3) is 0. The molecule has 0 aliphatic rings. The Morgan fingerprint density at radius 2 is 1.50 bits per heavy atom. The van der Waals surface area contributed by atoms with Gasteiger partial charge in [0.1, 0.15) is 0 Å². The molecule has 0 saturated heterocycles. The van der Waals surface area contributed by atoms with Gasteiger partial charge < -0.3 is 17.9 Å². The molecule has 3 N–H and O–H groups in total. The molecular weight excluding hydrogens is 119 g/mol. The van der Waals surface area contributed by atoms with Crippen LogP contribution in [0.1, 0.15) is 0 Å². The summed E-state index contributed by atoms with van der Waals surface area (Å²) in [6.45, 7) is 0. The second kappa shape index (κ2) is 2.04. The molecule has 0 fully saturated rings. The highest BCUT2D eigenvalue weighted by Gasteiger charge is 2.24. The van der Waals surface area contributed by atoms with E-state index in [0.717, 1.165) is 0 Å². The van der Waals surface area contributed by atoms with Gasteiger partial charge in [-0.25, -0.2) is 0 Å². The average molecular weight is 122 g/mol. The lowest BCUT2D eigenvalue weighted by Crippen LogP contribution is -2.37. The molecule has 4 nitrogen and oxygen atoms in total. The van der Waals surface area contributed by atoms with Crippen molar-refractivity contribution < 1.29 is 17.9 Å². The summed E-state index contributed by atoms with van der Waals surface area (Å²) in [5, 5.41) is 0. The molecule has 0 bridgehead atoms. The first kappa shape index (κ1) is 6.59. The summed E-state index contributed by atoms with van der Waals surface area (Å²) in [4.78, 5) is 23.5. The van der Waals surface area contributed by atoms with Gasteiger partial charge in [-0.2, -0.15) is 0 Å². The van der Waals surface area contributed by atoms with Crippen molar-refractivity contribution in [3.63, 3.8) is 0 Å². The van der Waals surface area contributed by atoms with Crippen molar-refractivity contribution >= 4 is 25.7 Å². The van der Waals surface area contributed by atoms with Gasteiger partial charge in [-0.3, -0.25) is 0 Å². The smallest absolute Gasteiger partial charge is 0.496 e. The molecule has 6 heteroatoms. The third kappa shape index (κ3) is 4.59. The minimum Gasteiger partial charge on any atom is -0.496 e. The van der Waals surface area contributed by atoms with Crippen LogP contribution >= 0.6 is 0 Å². The van der Waals surface area contributed by atoms with Crippen LogP contribution in [-0.4, -0.2) is 40.1 Å². The van der Waals surface area contributed by atoms with E-state index in [2.05, 4.69) is 3.48 Å². The maximum atomic E-state index is 7.83. The lowest BCUT2D eigenvalue weighted by atomic mass is 15.7. The van der Waals surface area contributed by atoms with Crippen LogP contribution in [0.3, 0.4) is 0 Å². The van der Waals surface area contributed by atoms with Crippen LogP contribution in [0.25, 0.3) is 0 Å². The maximum absolute atomic E-state index is 7.83. The van der Waals surface area contributed by atoms with Gasteiger partial charge in [0, 0.05) is 0 Å². The molecule has 2 radical (unpaired) electrons. The van der Waals surface area contributed by atoms with E-state index in [0.29, 0.717) is 0 Å². The first-order valence-corrected chi connectivity index (χ1v) is 3.33. The van der Waals surface area contributed by atoms with Crippen LogP contribution in [0.5, 0.6) is 0 Å². The van der Waals surface area contributed by atoms with Crippen molar-refractivity contribution in [3.8, 4) is 0 Å². The molecule has 0 aromatic heterocycles. The Hall–Kier alpha value is 0.589. The highest BCUT2D eigenvalue weighted by Crippen LogP contribution is 1.79. The monoisotopic (exact) mass is 122 g/mol. The number of rotatable bonds is 1. The molecule has 0 atom stereocenters. The third-order valence-electron chi connectivity index (χ3n) is 0.158. The Labute approximate surface area is 44.2 Å². The molecule has 0 aliphatic carbocycles. The van der Waals surface area contributed by atoms with Crippen molar-refractivity contribution in [1.82, 2.24) is 0 Å². The van der Waals surface area contributed by atoms with E-state index in [1.54, 1.807) is 0 Å². The van der Waals surface area contributed by atoms with Gasteiger partial charge in [0.25, 0.3) is 0 Å². The van der Waals surface area contributed by atoms with E-state index in [1.165, 1.54) is 16.6 Å². The minimum atomic E-state index is -4.17. The van der Waals surface area contributed by atoms with Gasteiger partial charge >= 0.3 is 25.7 Å². The SMILES string of the molecule is O[Si](O)(O)[O][Al]. The highest BCUT2D eigenvalue weighted by atomic mass is 28.4. The molecule has 0 aliphatic heterocycles. The fourth-order valence-corrected chi connectivity index (χ4v) is 0. The Morgan fingerprint density at radius 1 is 1.33 bits per heavy atom. The normalized spacial score (nSPS) is 11.8. The van der Waals surface area contributed by atoms with Gasteiger partial charge in [0.2, 0.25) is 0 Å². The Morgan fingerprint density at radius 3 is 1.50 bits per heavy atom. The van der Waals surface area contributed by atoms with Crippen LogP contribution in [-0.2, 0) is 3.48 Å². The molecule has 34 valence electrons. The molecule has 0 spiro atoms. The standard InChI is InChI=1S/Al.H3O4Si/c;1-5(2,3)4/h;1-3H/q+1;-1. The van der Waals surface area contributed by atoms with E-state index < -0.39 is 9.05 Å². The first-order chi connectivity index (χ1) is 2.56. The Kier molecular flexibility index (Phi) is 2.24. The molecule has 0 unspecified atom stereocenters. The summed E-state index contributed by atoms with van der Waals surface area (Å²) in [5.74, 6) is 0. The molecule has 0 aromatic rings. The van der Waals surface area contributed by atoms with Crippen LogP contribution in [0.2, 0.25) is 0 Å². The maximum Gasteiger partial charge on any atom is 0.640 e. The Bertz CT molecular complexity index is 37.3. The van der Waals surface area contributed by atoms with Crippen molar-refractivity contribution in [2.75, 3.05) is 0 Å². The molecule has 0 heterocycles. The topological polar surface area (TPSA) is 69.9 Å². The zero-order valence-electron chi connectivity index (χ0n) is 2.83. The molecule has 6 heavy (non-hydrogen) atoms. The number of hydrogen-bond donors (Lipinski definition) is 3. The van der Waals surface area contributed by atoms with E-state index in [1.807, 2.05) is 0 Å². The van der Waals surface area contributed by atoms with Crippen molar-refractivity contribution in [1.29, 1.82) is 0 Å². The van der Waals surface area contributed by atoms with Crippen LogP contribution in [0, 0.1) is 0 Å². The lowest BCUT2D eigenvalue weighted by Gasteiger charge is -2.04. The summed E-state index contributed by atoms with van der Waals surface area (Å²) < 4.78 is 3.66. The predicted molar refractivity (Wildman–Crippen MR) is 19.2 cm³/mol. The lowest BCUT2D eigenvalue weighted by molar-refractivity contribution is 0.134. The van der Waals surface area contributed by atoms with Crippen LogP contribution < -0.4 is 0 Å². The predicted octanol–water partition coefficient (Wildman–Crippen LogP) is -2.50. The van der Waals surface area contributed by atoms with Crippen molar-refractivity contribution in [2.45, 2.75) is 0 Å². The van der Waals surface area contributed by atoms with E-state index in [4.69, 9.17) is 14.4 Å². The molecule has 0 amide bonds.